The number of aliphatic hydroxyl groups is 1. The quantitative estimate of drug-likeness (QED) is 0.547. The molecule has 3 nitrogen and oxygen atoms in total. The molecule has 1 amide bonds. The van der Waals surface area contributed by atoms with Gasteiger partial charge >= 0.3 is 0 Å². The number of carbonyl (C=O) groups is 1. The maximum absolute atomic E-state index is 10.9. The Labute approximate surface area is 67.0 Å². The van der Waals surface area contributed by atoms with Crippen LogP contribution in [-0.2, 0) is 4.79 Å². The number of piperidine rings is 1. The monoisotopic (exact) mass is 157 g/mol. The lowest BCUT2D eigenvalue weighted by Crippen LogP contribution is -2.43. The molecule has 1 saturated heterocycles. The summed E-state index contributed by atoms with van der Waals surface area (Å²) in [5.41, 5.74) is 0. The van der Waals surface area contributed by atoms with Crippen LogP contribution in [-0.4, -0.2) is 35.1 Å². The molecule has 1 aliphatic rings. The van der Waals surface area contributed by atoms with Crippen molar-refractivity contribution in [3.63, 3.8) is 0 Å². The predicted molar refractivity (Wildman–Crippen MR) is 42.0 cm³/mol. The average molecular weight is 157 g/mol. The number of likely N-dealkylation sites (tertiary alicyclic amines) is 1. The van der Waals surface area contributed by atoms with Crippen molar-refractivity contribution in [3.8, 4) is 0 Å². The second-order valence-corrected chi connectivity index (χ2v) is 3.30. The summed E-state index contributed by atoms with van der Waals surface area (Å²) in [5.74, 6) is 0.344. The molecule has 11 heavy (non-hydrogen) atoms. The van der Waals surface area contributed by atoms with Gasteiger partial charge in [-0.15, -0.1) is 0 Å². The molecule has 1 aliphatic heterocycles. The van der Waals surface area contributed by atoms with Crippen LogP contribution in [0.25, 0.3) is 0 Å². The standard InChI is InChI=1S/C8H15NO2/c1-6-5-9(7(2)10)4-3-8(6)11/h6,8,11H,3-5H2,1-2H3/t6-,8-/m0/s1. The number of aliphatic hydroxyl groups excluding tert-OH is 1. The van der Waals surface area contributed by atoms with Gasteiger partial charge in [0.15, 0.2) is 0 Å². The molecule has 0 unspecified atom stereocenters. The highest BCUT2D eigenvalue weighted by atomic mass is 16.3. The third-order valence-corrected chi connectivity index (χ3v) is 2.31. The maximum atomic E-state index is 10.9. The Morgan fingerprint density at radius 1 is 1.64 bits per heavy atom. The SMILES string of the molecule is CC(=O)N1CC[C@H](O)[C@@H](C)C1. The Morgan fingerprint density at radius 2 is 2.27 bits per heavy atom. The number of hydrogen-bond donors (Lipinski definition) is 1. The van der Waals surface area contributed by atoms with Gasteiger partial charge in [0, 0.05) is 20.0 Å². The van der Waals surface area contributed by atoms with Gasteiger partial charge in [0.2, 0.25) is 5.91 Å². The lowest BCUT2D eigenvalue weighted by atomic mass is 9.97. The van der Waals surface area contributed by atoms with Gasteiger partial charge in [-0.25, -0.2) is 0 Å². The Balaban J connectivity index is 2.46. The third-order valence-electron chi connectivity index (χ3n) is 2.31. The normalized spacial score (nSPS) is 32.1. The zero-order valence-corrected chi connectivity index (χ0v) is 7.08. The Bertz CT molecular complexity index is 158. The Morgan fingerprint density at radius 3 is 2.73 bits per heavy atom. The lowest BCUT2D eigenvalue weighted by Gasteiger charge is -2.33. The van der Waals surface area contributed by atoms with E-state index in [0.717, 1.165) is 6.42 Å². The van der Waals surface area contributed by atoms with Crippen LogP contribution in [0.15, 0.2) is 0 Å². The van der Waals surface area contributed by atoms with Crippen LogP contribution < -0.4 is 0 Å². The number of hydrogen-bond acceptors (Lipinski definition) is 2. The molecular weight excluding hydrogens is 142 g/mol. The van der Waals surface area contributed by atoms with Gasteiger partial charge in [0.25, 0.3) is 0 Å². The molecule has 0 saturated carbocycles. The molecule has 0 radical (unpaired) electrons. The highest BCUT2D eigenvalue weighted by Crippen LogP contribution is 2.15. The second kappa shape index (κ2) is 3.22. The van der Waals surface area contributed by atoms with Crippen molar-refractivity contribution in [2.45, 2.75) is 26.4 Å². The van der Waals surface area contributed by atoms with Crippen LogP contribution in [0.5, 0.6) is 0 Å². The van der Waals surface area contributed by atoms with Crippen molar-refractivity contribution >= 4 is 5.91 Å². The van der Waals surface area contributed by atoms with E-state index < -0.39 is 0 Å². The van der Waals surface area contributed by atoms with E-state index in [-0.39, 0.29) is 17.9 Å². The fourth-order valence-electron chi connectivity index (χ4n) is 1.42. The van der Waals surface area contributed by atoms with E-state index in [1.807, 2.05) is 6.92 Å². The van der Waals surface area contributed by atoms with Crippen LogP contribution >= 0.6 is 0 Å². The van der Waals surface area contributed by atoms with E-state index in [4.69, 9.17) is 0 Å². The molecule has 0 aliphatic carbocycles. The summed E-state index contributed by atoms with van der Waals surface area (Å²) in [6.07, 6.45) is 0.506. The molecule has 0 bridgehead atoms. The molecule has 0 aromatic rings. The van der Waals surface area contributed by atoms with Gasteiger partial charge in [-0.2, -0.15) is 0 Å². The molecule has 3 heteroatoms. The number of carbonyl (C=O) groups excluding carboxylic acids is 1. The Kier molecular flexibility index (Phi) is 2.49. The summed E-state index contributed by atoms with van der Waals surface area (Å²) in [4.78, 5) is 12.7. The van der Waals surface area contributed by atoms with E-state index >= 15 is 0 Å². The minimum atomic E-state index is -0.217. The van der Waals surface area contributed by atoms with E-state index in [1.54, 1.807) is 11.8 Å². The van der Waals surface area contributed by atoms with Crippen molar-refractivity contribution in [1.29, 1.82) is 0 Å². The average Bonchev–Trinajstić information content (AvgIpc) is 1.94. The molecule has 0 aromatic heterocycles. The van der Waals surface area contributed by atoms with Crippen molar-refractivity contribution in [3.05, 3.63) is 0 Å². The third kappa shape index (κ3) is 1.93. The summed E-state index contributed by atoms with van der Waals surface area (Å²) in [5, 5.41) is 9.34. The minimum Gasteiger partial charge on any atom is -0.393 e. The lowest BCUT2D eigenvalue weighted by molar-refractivity contribution is -0.132. The molecular formula is C8H15NO2. The largest absolute Gasteiger partial charge is 0.393 e. The van der Waals surface area contributed by atoms with Gasteiger partial charge in [-0.05, 0) is 12.3 Å². The van der Waals surface area contributed by atoms with E-state index in [1.165, 1.54) is 0 Å². The van der Waals surface area contributed by atoms with Crippen LogP contribution in [0, 0.1) is 5.92 Å². The first-order valence-corrected chi connectivity index (χ1v) is 4.05. The topological polar surface area (TPSA) is 40.5 Å². The number of rotatable bonds is 0. The molecule has 1 N–H and O–H groups in total. The summed E-state index contributed by atoms with van der Waals surface area (Å²) >= 11 is 0. The van der Waals surface area contributed by atoms with Crippen molar-refractivity contribution in [2.24, 2.45) is 5.92 Å². The molecule has 64 valence electrons. The van der Waals surface area contributed by atoms with Gasteiger partial charge in [-0.1, -0.05) is 6.92 Å². The number of nitrogens with zero attached hydrogens (tertiary/aromatic N) is 1. The van der Waals surface area contributed by atoms with Crippen LogP contribution in [0.1, 0.15) is 20.3 Å². The maximum Gasteiger partial charge on any atom is 0.219 e. The van der Waals surface area contributed by atoms with Crippen LogP contribution in [0.3, 0.4) is 0 Å². The van der Waals surface area contributed by atoms with E-state index in [2.05, 4.69) is 0 Å². The highest BCUT2D eigenvalue weighted by Gasteiger charge is 2.24. The van der Waals surface area contributed by atoms with Gasteiger partial charge < -0.3 is 10.0 Å². The van der Waals surface area contributed by atoms with Crippen LogP contribution in [0.2, 0.25) is 0 Å². The highest BCUT2D eigenvalue weighted by molar-refractivity contribution is 5.73. The minimum absolute atomic E-state index is 0.115. The predicted octanol–water partition coefficient (Wildman–Crippen LogP) is 0.236. The fraction of sp³-hybridized carbons (Fsp3) is 0.875. The van der Waals surface area contributed by atoms with Crippen molar-refractivity contribution in [1.82, 2.24) is 4.90 Å². The van der Waals surface area contributed by atoms with Gasteiger partial charge in [0.1, 0.15) is 0 Å². The zero-order valence-electron chi connectivity index (χ0n) is 7.08. The first kappa shape index (κ1) is 8.53. The molecule has 1 rings (SSSR count). The summed E-state index contributed by atoms with van der Waals surface area (Å²) in [7, 11) is 0. The smallest absolute Gasteiger partial charge is 0.219 e. The number of amides is 1. The van der Waals surface area contributed by atoms with Crippen molar-refractivity contribution in [2.75, 3.05) is 13.1 Å². The van der Waals surface area contributed by atoms with Crippen molar-refractivity contribution < 1.29 is 9.90 Å². The molecule has 1 heterocycles. The molecule has 1 fully saturated rings. The first-order chi connectivity index (χ1) is 5.11. The zero-order chi connectivity index (χ0) is 8.43. The fourth-order valence-corrected chi connectivity index (χ4v) is 1.42. The molecule has 2 atom stereocenters. The summed E-state index contributed by atoms with van der Waals surface area (Å²) in [6.45, 7) is 4.96. The second-order valence-electron chi connectivity index (χ2n) is 3.30. The molecule has 0 aromatic carbocycles. The Hall–Kier alpha value is -0.570. The van der Waals surface area contributed by atoms with E-state index in [0.29, 0.717) is 13.1 Å². The van der Waals surface area contributed by atoms with Gasteiger partial charge in [-0.3, -0.25) is 4.79 Å². The van der Waals surface area contributed by atoms with Gasteiger partial charge in [0.05, 0.1) is 6.10 Å². The first-order valence-electron chi connectivity index (χ1n) is 4.05. The van der Waals surface area contributed by atoms with E-state index in [9.17, 15) is 9.90 Å². The van der Waals surface area contributed by atoms with Crippen LogP contribution in [0.4, 0.5) is 0 Å². The summed E-state index contributed by atoms with van der Waals surface area (Å²) < 4.78 is 0. The summed E-state index contributed by atoms with van der Waals surface area (Å²) in [6, 6.07) is 0. The molecule has 0 spiro atoms.